The molecular formula is C20H22FN3O5. The van der Waals surface area contributed by atoms with Crippen molar-refractivity contribution in [2.24, 2.45) is 0 Å². The van der Waals surface area contributed by atoms with Gasteiger partial charge < -0.3 is 19.8 Å². The first-order chi connectivity index (χ1) is 13.9. The molecule has 0 bridgehead atoms. The molecule has 0 unspecified atom stereocenters. The minimum absolute atomic E-state index is 0.00908. The van der Waals surface area contributed by atoms with Crippen LogP contribution in [0, 0.1) is 5.82 Å². The van der Waals surface area contributed by atoms with E-state index in [0.29, 0.717) is 0 Å². The summed E-state index contributed by atoms with van der Waals surface area (Å²) in [6.45, 7) is 4.00. The monoisotopic (exact) mass is 403 g/mol. The SMILES string of the molecule is CC.CNc1cc2[nH]c(=O)n(-c3ccc(C(=O)OC)cc3OC)c(=O)c2cc1F. The Morgan fingerprint density at radius 1 is 1.14 bits per heavy atom. The van der Waals surface area contributed by atoms with Crippen molar-refractivity contribution in [3.8, 4) is 11.4 Å². The standard InChI is InChI=1S/C18H16FN3O5.C2H6/c1-20-13-8-12-10(7-11(13)19)16(23)22(18(25)21-12)14-5-4-9(17(24)27-3)6-15(14)26-2;1-2/h4-8,20H,1-3H3,(H,21,25);1-2H3. The lowest BCUT2D eigenvalue weighted by molar-refractivity contribution is 0.0600. The molecule has 0 saturated carbocycles. The number of hydrogen-bond acceptors (Lipinski definition) is 6. The normalized spacial score (nSPS) is 10.1. The highest BCUT2D eigenvalue weighted by molar-refractivity contribution is 5.90. The number of anilines is 1. The molecule has 0 aliphatic carbocycles. The van der Waals surface area contributed by atoms with Crippen LogP contribution in [0.25, 0.3) is 16.6 Å². The van der Waals surface area contributed by atoms with E-state index in [1.165, 1.54) is 45.5 Å². The van der Waals surface area contributed by atoms with Crippen molar-refractivity contribution < 1.29 is 18.7 Å². The van der Waals surface area contributed by atoms with E-state index < -0.39 is 23.0 Å². The number of nitrogens with one attached hydrogen (secondary N) is 2. The van der Waals surface area contributed by atoms with Crippen molar-refractivity contribution in [2.45, 2.75) is 13.8 Å². The molecule has 0 atom stereocenters. The van der Waals surface area contributed by atoms with Crippen molar-refractivity contribution >= 4 is 22.6 Å². The summed E-state index contributed by atoms with van der Waals surface area (Å²) in [6.07, 6.45) is 0. The highest BCUT2D eigenvalue weighted by atomic mass is 19.1. The van der Waals surface area contributed by atoms with Crippen molar-refractivity contribution in [1.82, 2.24) is 9.55 Å². The summed E-state index contributed by atoms with van der Waals surface area (Å²) in [5.41, 5.74) is -0.818. The van der Waals surface area contributed by atoms with E-state index in [0.717, 1.165) is 10.6 Å². The van der Waals surface area contributed by atoms with Crippen molar-refractivity contribution in [3.63, 3.8) is 0 Å². The van der Waals surface area contributed by atoms with E-state index in [1.807, 2.05) is 13.8 Å². The highest BCUT2D eigenvalue weighted by Crippen LogP contribution is 2.24. The highest BCUT2D eigenvalue weighted by Gasteiger charge is 2.17. The third-order valence-corrected chi connectivity index (χ3v) is 4.10. The van der Waals surface area contributed by atoms with Crippen LogP contribution in [0.1, 0.15) is 24.2 Å². The molecule has 1 heterocycles. The largest absolute Gasteiger partial charge is 0.495 e. The Morgan fingerprint density at radius 2 is 1.83 bits per heavy atom. The molecule has 3 rings (SSSR count). The van der Waals surface area contributed by atoms with Crippen LogP contribution >= 0.6 is 0 Å². The summed E-state index contributed by atoms with van der Waals surface area (Å²) in [6, 6.07) is 6.51. The number of H-pyrrole nitrogens is 1. The minimum atomic E-state index is -0.731. The van der Waals surface area contributed by atoms with E-state index in [1.54, 1.807) is 0 Å². The van der Waals surface area contributed by atoms with E-state index in [9.17, 15) is 18.8 Å². The number of hydrogen-bond donors (Lipinski definition) is 2. The number of esters is 1. The van der Waals surface area contributed by atoms with Gasteiger partial charge >= 0.3 is 11.7 Å². The molecule has 0 amide bonds. The van der Waals surface area contributed by atoms with Crippen LogP contribution in [-0.2, 0) is 4.74 Å². The average Bonchev–Trinajstić information content (AvgIpc) is 2.75. The molecule has 2 N–H and O–H groups in total. The number of benzene rings is 2. The molecule has 1 aromatic heterocycles. The fourth-order valence-electron chi connectivity index (χ4n) is 2.75. The molecule has 2 aromatic carbocycles. The lowest BCUT2D eigenvalue weighted by atomic mass is 10.1. The topological polar surface area (TPSA) is 102 Å². The Bertz CT molecular complexity index is 1170. The predicted molar refractivity (Wildman–Crippen MR) is 109 cm³/mol. The summed E-state index contributed by atoms with van der Waals surface area (Å²) in [7, 11) is 4.09. The van der Waals surface area contributed by atoms with E-state index in [2.05, 4.69) is 15.0 Å². The van der Waals surface area contributed by atoms with Crippen molar-refractivity contribution in [3.05, 3.63) is 62.6 Å². The molecular weight excluding hydrogens is 381 g/mol. The van der Waals surface area contributed by atoms with Crippen molar-refractivity contribution in [2.75, 3.05) is 26.6 Å². The van der Waals surface area contributed by atoms with E-state index in [-0.39, 0.29) is 33.6 Å². The Balaban J connectivity index is 0.00000145. The van der Waals surface area contributed by atoms with Crippen molar-refractivity contribution in [1.29, 1.82) is 0 Å². The number of carbonyl (C=O) groups excluding carboxylic acids is 1. The van der Waals surface area contributed by atoms with E-state index in [4.69, 9.17) is 4.74 Å². The Hall–Kier alpha value is -3.62. The second-order valence-electron chi connectivity index (χ2n) is 5.58. The number of halogens is 1. The number of rotatable bonds is 4. The van der Waals surface area contributed by atoms with Gasteiger partial charge in [-0.3, -0.25) is 4.79 Å². The lowest BCUT2D eigenvalue weighted by Gasteiger charge is -2.12. The predicted octanol–water partition coefficient (Wildman–Crippen LogP) is 2.68. The first-order valence-electron chi connectivity index (χ1n) is 8.84. The summed E-state index contributed by atoms with van der Waals surface area (Å²) in [5, 5.41) is 2.63. The molecule has 9 heteroatoms. The second kappa shape index (κ2) is 9.05. The maximum absolute atomic E-state index is 14.1. The Labute approximate surface area is 165 Å². The van der Waals surface area contributed by atoms with Gasteiger partial charge in [-0.15, -0.1) is 0 Å². The minimum Gasteiger partial charge on any atom is -0.495 e. The number of methoxy groups -OCH3 is 2. The number of fused-ring (bicyclic) bond motifs is 1. The molecule has 0 radical (unpaired) electrons. The molecule has 8 nitrogen and oxygen atoms in total. The average molecular weight is 403 g/mol. The van der Waals surface area contributed by atoms with Gasteiger partial charge in [-0.25, -0.2) is 18.5 Å². The molecule has 0 aliphatic heterocycles. The van der Waals surface area contributed by atoms with Gasteiger partial charge in [0.2, 0.25) is 0 Å². The zero-order valence-electron chi connectivity index (χ0n) is 16.8. The third-order valence-electron chi connectivity index (χ3n) is 4.10. The zero-order valence-corrected chi connectivity index (χ0v) is 16.8. The molecule has 3 aromatic rings. The van der Waals surface area contributed by atoms with Gasteiger partial charge in [0.1, 0.15) is 11.6 Å². The summed E-state index contributed by atoms with van der Waals surface area (Å²) >= 11 is 0. The Morgan fingerprint density at radius 3 is 2.41 bits per heavy atom. The molecule has 0 aliphatic rings. The van der Waals surface area contributed by atoms with Gasteiger partial charge in [-0.1, -0.05) is 13.8 Å². The van der Waals surface area contributed by atoms with Crippen LogP contribution in [-0.4, -0.2) is 36.8 Å². The van der Waals surface area contributed by atoms with Crippen LogP contribution < -0.4 is 21.3 Å². The van der Waals surface area contributed by atoms with Gasteiger partial charge in [-0.2, -0.15) is 0 Å². The Kier molecular flexibility index (Phi) is 6.76. The van der Waals surface area contributed by atoms with Gasteiger partial charge in [0.25, 0.3) is 5.56 Å². The fourth-order valence-corrected chi connectivity index (χ4v) is 2.75. The van der Waals surface area contributed by atoms with Gasteiger partial charge in [0, 0.05) is 7.05 Å². The van der Waals surface area contributed by atoms with Gasteiger partial charge in [0.15, 0.2) is 0 Å². The number of aromatic amines is 1. The fraction of sp³-hybridized carbons (Fsp3) is 0.250. The molecule has 0 fully saturated rings. The van der Waals surface area contributed by atoms with E-state index >= 15 is 0 Å². The summed E-state index contributed by atoms with van der Waals surface area (Å²) < 4.78 is 24.8. The number of carbonyl (C=O) groups is 1. The van der Waals surface area contributed by atoms with Crippen LogP contribution in [0.15, 0.2) is 39.9 Å². The number of nitrogens with zero attached hydrogens (tertiary/aromatic N) is 1. The van der Waals surface area contributed by atoms with Crippen LogP contribution in [0.2, 0.25) is 0 Å². The van der Waals surface area contributed by atoms with Gasteiger partial charge in [0.05, 0.1) is 42.1 Å². The smallest absolute Gasteiger partial charge is 0.337 e. The first-order valence-corrected chi connectivity index (χ1v) is 8.84. The van der Waals surface area contributed by atoms with Crippen LogP contribution in [0.3, 0.4) is 0 Å². The first kappa shape index (κ1) is 21.7. The number of ether oxygens (including phenoxy) is 2. The van der Waals surface area contributed by atoms with Gasteiger partial charge in [-0.05, 0) is 30.3 Å². The zero-order chi connectivity index (χ0) is 21.7. The van der Waals surface area contributed by atoms with Crippen LogP contribution in [0.5, 0.6) is 5.75 Å². The maximum atomic E-state index is 14.1. The number of aromatic nitrogens is 2. The summed E-state index contributed by atoms with van der Waals surface area (Å²) in [5.74, 6) is -1.12. The molecule has 29 heavy (non-hydrogen) atoms. The quantitative estimate of drug-likeness (QED) is 0.650. The molecule has 0 saturated heterocycles. The lowest BCUT2D eigenvalue weighted by Crippen LogP contribution is -2.34. The second-order valence-corrected chi connectivity index (χ2v) is 5.58. The van der Waals surface area contributed by atoms with Crippen LogP contribution in [0.4, 0.5) is 10.1 Å². The summed E-state index contributed by atoms with van der Waals surface area (Å²) in [4.78, 5) is 39.6. The third kappa shape index (κ3) is 3.98. The molecule has 0 spiro atoms. The molecule has 154 valence electrons. The maximum Gasteiger partial charge on any atom is 0.337 e.